The van der Waals surface area contributed by atoms with Crippen molar-refractivity contribution in [1.29, 1.82) is 0 Å². The van der Waals surface area contributed by atoms with Crippen molar-refractivity contribution in [3.63, 3.8) is 0 Å². The number of nitrogens with one attached hydrogen (secondary N) is 1. The Hall–Kier alpha value is -3.54. The fourth-order valence-electron chi connectivity index (χ4n) is 2.69. The topological polar surface area (TPSA) is 77.5 Å². The fraction of sp³-hybridized carbons (Fsp3) is 0.100. The van der Waals surface area contributed by atoms with Crippen LogP contribution in [0.5, 0.6) is 5.75 Å². The highest BCUT2D eigenvalue weighted by Crippen LogP contribution is 2.32. The zero-order valence-corrected chi connectivity index (χ0v) is 14.3. The van der Waals surface area contributed by atoms with Crippen LogP contribution in [0.1, 0.15) is 16.1 Å². The van der Waals surface area contributed by atoms with Gasteiger partial charge in [0.05, 0.1) is 19.1 Å². The van der Waals surface area contributed by atoms with E-state index in [2.05, 4.69) is 10.3 Å². The number of amides is 1. The number of carbonyl (C=O) groups is 1. The van der Waals surface area contributed by atoms with Crippen LogP contribution in [0.3, 0.4) is 0 Å². The van der Waals surface area contributed by atoms with Crippen molar-refractivity contribution >= 4 is 22.7 Å². The Labute approximate surface area is 149 Å². The molecule has 0 bridgehead atoms. The summed E-state index contributed by atoms with van der Waals surface area (Å²) < 4.78 is 16.3. The summed E-state index contributed by atoms with van der Waals surface area (Å²) in [7, 11) is 1.54. The van der Waals surface area contributed by atoms with Crippen LogP contribution in [0.15, 0.2) is 63.6 Å². The van der Waals surface area contributed by atoms with Gasteiger partial charge in [-0.15, -0.1) is 0 Å². The number of methoxy groups -OCH3 is 1. The van der Waals surface area contributed by atoms with Crippen molar-refractivity contribution in [2.24, 2.45) is 0 Å². The summed E-state index contributed by atoms with van der Waals surface area (Å²) in [5, 5.41) is 2.79. The number of anilines is 1. The minimum atomic E-state index is -0.362. The number of oxazole rings is 1. The maximum atomic E-state index is 12.3. The van der Waals surface area contributed by atoms with Gasteiger partial charge in [0.15, 0.2) is 11.3 Å². The molecular weight excluding hydrogens is 332 g/mol. The van der Waals surface area contributed by atoms with Gasteiger partial charge in [0.25, 0.3) is 5.91 Å². The largest absolute Gasteiger partial charge is 0.495 e. The van der Waals surface area contributed by atoms with E-state index in [1.807, 2.05) is 31.2 Å². The van der Waals surface area contributed by atoms with Crippen LogP contribution in [0.25, 0.3) is 22.6 Å². The first-order chi connectivity index (χ1) is 12.6. The van der Waals surface area contributed by atoms with Gasteiger partial charge in [0.1, 0.15) is 11.3 Å². The SMILES string of the molecule is COc1ccc(-c2nc3cc(C)ccc3o2)cc1NC(=O)c1ccco1. The van der Waals surface area contributed by atoms with E-state index >= 15 is 0 Å². The molecule has 0 atom stereocenters. The van der Waals surface area contributed by atoms with Gasteiger partial charge in [0.2, 0.25) is 5.89 Å². The van der Waals surface area contributed by atoms with E-state index in [0.29, 0.717) is 22.9 Å². The molecule has 4 aromatic rings. The molecule has 2 aromatic carbocycles. The monoisotopic (exact) mass is 348 g/mol. The summed E-state index contributed by atoms with van der Waals surface area (Å²) in [6, 6.07) is 14.4. The summed E-state index contributed by atoms with van der Waals surface area (Å²) >= 11 is 0. The second-order valence-corrected chi connectivity index (χ2v) is 5.84. The molecule has 0 aliphatic heterocycles. The number of hydrogen-bond donors (Lipinski definition) is 1. The first kappa shape index (κ1) is 16.0. The third kappa shape index (κ3) is 2.93. The van der Waals surface area contributed by atoms with Gasteiger partial charge in [-0.2, -0.15) is 0 Å². The molecule has 0 fully saturated rings. The Bertz CT molecular complexity index is 1080. The first-order valence-corrected chi connectivity index (χ1v) is 8.04. The first-order valence-electron chi connectivity index (χ1n) is 8.04. The van der Waals surface area contributed by atoms with E-state index in [1.54, 1.807) is 31.4 Å². The number of carbonyl (C=O) groups excluding carboxylic acids is 1. The molecule has 0 radical (unpaired) electrons. The number of fused-ring (bicyclic) bond motifs is 1. The summed E-state index contributed by atoms with van der Waals surface area (Å²) in [6.07, 6.45) is 1.45. The van der Waals surface area contributed by atoms with Gasteiger partial charge < -0.3 is 18.9 Å². The Kier molecular flexibility index (Phi) is 3.93. The van der Waals surface area contributed by atoms with Gasteiger partial charge in [0, 0.05) is 5.56 Å². The molecule has 0 unspecified atom stereocenters. The molecule has 6 nitrogen and oxygen atoms in total. The molecule has 1 amide bonds. The van der Waals surface area contributed by atoms with Crippen LogP contribution in [0, 0.1) is 6.92 Å². The molecule has 2 heterocycles. The second kappa shape index (κ2) is 6.40. The Morgan fingerprint density at radius 2 is 2.04 bits per heavy atom. The molecule has 0 spiro atoms. The molecular formula is C20H16N2O4. The van der Waals surface area contributed by atoms with Gasteiger partial charge >= 0.3 is 0 Å². The predicted molar refractivity (Wildman–Crippen MR) is 97.4 cm³/mol. The molecule has 0 saturated carbocycles. The lowest BCUT2D eigenvalue weighted by Gasteiger charge is -2.10. The lowest BCUT2D eigenvalue weighted by atomic mass is 10.1. The number of aryl methyl sites for hydroxylation is 1. The molecule has 4 rings (SSSR count). The van der Waals surface area contributed by atoms with Gasteiger partial charge in [-0.25, -0.2) is 4.98 Å². The number of ether oxygens (including phenoxy) is 1. The molecule has 26 heavy (non-hydrogen) atoms. The van der Waals surface area contributed by atoms with E-state index in [-0.39, 0.29) is 11.7 Å². The number of nitrogens with zero attached hydrogens (tertiary/aromatic N) is 1. The zero-order valence-electron chi connectivity index (χ0n) is 14.3. The average Bonchev–Trinajstić information content (AvgIpc) is 3.31. The maximum absolute atomic E-state index is 12.3. The zero-order chi connectivity index (χ0) is 18.1. The van der Waals surface area contributed by atoms with E-state index in [0.717, 1.165) is 16.6 Å². The maximum Gasteiger partial charge on any atom is 0.291 e. The van der Waals surface area contributed by atoms with Crippen molar-refractivity contribution in [2.75, 3.05) is 12.4 Å². The molecule has 0 aliphatic carbocycles. The highest BCUT2D eigenvalue weighted by atomic mass is 16.5. The highest BCUT2D eigenvalue weighted by Gasteiger charge is 2.15. The van der Waals surface area contributed by atoms with Crippen LogP contribution in [0.4, 0.5) is 5.69 Å². The van der Waals surface area contributed by atoms with Crippen LogP contribution in [0.2, 0.25) is 0 Å². The lowest BCUT2D eigenvalue weighted by molar-refractivity contribution is 0.0996. The number of rotatable bonds is 4. The van der Waals surface area contributed by atoms with E-state index in [1.165, 1.54) is 6.26 Å². The number of hydrogen-bond acceptors (Lipinski definition) is 5. The second-order valence-electron chi connectivity index (χ2n) is 5.84. The Morgan fingerprint density at radius 1 is 1.15 bits per heavy atom. The van der Waals surface area contributed by atoms with Crippen molar-refractivity contribution in [3.05, 3.63) is 66.1 Å². The normalized spacial score (nSPS) is 10.8. The number of aromatic nitrogens is 1. The summed E-state index contributed by atoms with van der Waals surface area (Å²) in [6.45, 7) is 2.00. The minimum Gasteiger partial charge on any atom is -0.495 e. The van der Waals surface area contributed by atoms with Gasteiger partial charge in [-0.1, -0.05) is 6.07 Å². The molecule has 0 saturated heterocycles. The summed E-state index contributed by atoms with van der Waals surface area (Å²) in [5.74, 6) is 0.857. The van der Waals surface area contributed by atoms with E-state index < -0.39 is 0 Å². The molecule has 130 valence electrons. The molecule has 1 N–H and O–H groups in total. The molecule has 0 aliphatic rings. The van der Waals surface area contributed by atoms with E-state index in [9.17, 15) is 4.79 Å². The van der Waals surface area contributed by atoms with Crippen LogP contribution >= 0.6 is 0 Å². The highest BCUT2D eigenvalue weighted by molar-refractivity contribution is 6.03. The van der Waals surface area contributed by atoms with Crippen LogP contribution < -0.4 is 10.1 Å². The van der Waals surface area contributed by atoms with Crippen molar-refractivity contribution in [3.8, 4) is 17.2 Å². The van der Waals surface area contributed by atoms with Crippen molar-refractivity contribution < 1.29 is 18.4 Å². The lowest BCUT2D eigenvalue weighted by Crippen LogP contribution is -2.11. The van der Waals surface area contributed by atoms with E-state index in [4.69, 9.17) is 13.6 Å². The standard InChI is InChI=1S/C20H16N2O4/c1-12-5-7-17-14(10-12)22-20(26-17)13-6-8-16(24-2)15(11-13)21-19(23)18-4-3-9-25-18/h3-11H,1-2H3,(H,21,23). The van der Waals surface area contributed by atoms with Crippen LogP contribution in [-0.2, 0) is 0 Å². The van der Waals surface area contributed by atoms with Crippen LogP contribution in [-0.4, -0.2) is 18.0 Å². The van der Waals surface area contributed by atoms with Crippen molar-refractivity contribution in [2.45, 2.75) is 6.92 Å². The molecule has 6 heteroatoms. The number of furan rings is 1. The van der Waals surface area contributed by atoms with Gasteiger partial charge in [-0.3, -0.25) is 4.79 Å². The predicted octanol–water partition coefficient (Wildman–Crippen LogP) is 4.66. The minimum absolute atomic E-state index is 0.217. The third-order valence-corrected chi connectivity index (χ3v) is 3.98. The number of benzene rings is 2. The summed E-state index contributed by atoms with van der Waals surface area (Å²) in [5.41, 5.74) is 3.84. The quantitative estimate of drug-likeness (QED) is 0.580. The summed E-state index contributed by atoms with van der Waals surface area (Å²) in [4.78, 5) is 16.8. The smallest absolute Gasteiger partial charge is 0.291 e. The molecule has 2 aromatic heterocycles. The Morgan fingerprint density at radius 3 is 2.81 bits per heavy atom. The Balaban J connectivity index is 1.71. The van der Waals surface area contributed by atoms with Gasteiger partial charge in [-0.05, 0) is 55.0 Å². The fourth-order valence-corrected chi connectivity index (χ4v) is 2.69. The van der Waals surface area contributed by atoms with Crippen molar-refractivity contribution in [1.82, 2.24) is 4.98 Å². The average molecular weight is 348 g/mol. The third-order valence-electron chi connectivity index (χ3n) is 3.98.